The van der Waals surface area contributed by atoms with Gasteiger partial charge in [0.2, 0.25) is 0 Å². The van der Waals surface area contributed by atoms with E-state index in [-0.39, 0.29) is 5.91 Å². The Hall–Kier alpha value is -3.48. The van der Waals surface area contributed by atoms with Crippen molar-refractivity contribution in [1.29, 1.82) is 0 Å². The van der Waals surface area contributed by atoms with Crippen LogP contribution in [0.3, 0.4) is 0 Å². The smallest absolute Gasteiger partial charge is 0.254 e. The third-order valence-corrected chi connectivity index (χ3v) is 5.61. The Morgan fingerprint density at radius 1 is 0.818 bits per heavy atom. The maximum Gasteiger partial charge on any atom is 0.254 e. The Morgan fingerprint density at radius 2 is 1.42 bits per heavy atom. The fraction of sp³-hybridized carbons (Fsp3) is 0.259. The molecule has 3 aromatic carbocycles. The van der Waals surface area contributed by atoms with Crippen LogP contribution in [-0.4, -0.2) is 54.6 Å². The molecule has 1 aliphatic heterocycles. The first-order valence-corrected chi connectivity index (χ1v) is 11.3. The van der Waals surface area contributed by atoms with E-state index in [1.165, 1.54) is 5.56 Å². The summed E-state index contributed by atoms with van der Waals surface area (Å²) in [6.07, 6.45) is 1.65. The number of hydrogen-bond acceptors (Lipinski definition) is 5. The van der Waals surface area contributed by atoms with E-state index in [1.54, 1.807) is 6.21 Å². The fourth-order valence-corrected chi connectivity index (χ4v) is 3.76. The van der Waals surface area contributed by atoms with Crippen LogP contribution in [0.25, 0.3) is 0 Å². The number of amides is 1. The van der Waals surface area contributed by atoms with Crippen molar-refractivity contribution < 1.29 is 9.53 Å². The first-order chi connectivity index (χ1) is 16.2. The lowest BCUT2D eigenvalue weighted by atomic mass is 10.2. The standard InChI is InChI=1S/C27H30N4O2/c32-27(21-31-17-15-30(16-18-31)20-24-7-3-1-4-8-24)29-28-19-23-11-13-26(14-12-23)33-22-25-9-5-2-6-10-25/h1-14,19H,15-18,20-22H2,(H,29,32)/b28-19-. The van der Waals surface area contributed by atoms with Crippen molar-refractivity contribution in [2.75, 3.05) is 32.7 Å². The molecule has 6 nitrogen and oxygen atoms in total. The molecule has 1 saturated heterocycles. The van der Waals surface area contributed by atoms with Crippen molar-refractivity contribution in [3.8, 4) is 5.75 Å². The van der Waals surface area contributed by atoms with Crippen LogP contribution in [0.2, 0.25) is 0 Å². The third-order valence-electron chi connectivity index (χ3n) is 5.61. The number of carbonyl (C=O) groups is 1. The lowest BCUT2D eigenvalue weighted by Crippen LogP contribution is -2.48. The molecule has 0 aromatic heterocycles. The number of benzene rings is 3. The van der Waals surface area contributed by atoms with Gasteiger partial charge in [-0.1, -0.05) is 60.7 Å². The minimum atomic E-state index is -0.0921. The molecule has 1 fully saturated rings. The predicted octanol–water partition coefficient (Wildman–Crippen LogP) is 3.53. The van der Waals surface area contributed by atoms with Crippen LogP contribution in [0.5, 0.6) is 5.75 Å². The third kappa shape index (κ3) is 7.56. The first kappa shape index (κ1) is 22.7. The average molecular weight is 443 g/mol. The SMILES string of the molecule is O=C(CN1CCN(Cc2ccccc2)CC1)N/N=C\c1ccc(OCc2ccccc2)cc1. The monoisotopic (exact) mass is 442 g/mol. The fourth-order valence-electron chi connectivity index (χ4n) is 3.76. The number of nitrogens with one attached hydrogen (secondary N) is 1. The van der Waals surface area contributed by atoms with E-state index in [4.69, 9.17) is 4.74 Å². The van der Waals surface area contributed by atoms with Crippen LogP contribution in [0, 0.1) is 0 Å². The second kappa shape index (κ2) is 11.9. The van der Waals surface area contributed by atoms with Gasteiger partial charge in [-0.3, -0.25) is 14.6 Å². The summed E-state index contributed by atoms with van der Waals surface area (Å²) in [4.78, 5) is 16.8. The molecule has 0 saturated carbocycles. The van der Waals surface area contributed by atoms with Gasteiger partial charge in [0.1, 0.15) is 12.4 Å². The summed E-state index contributed by atoms with van der Waals surface area (Å²) in [6, 6.07) is 28.2. The number of carbonyl (C=O) groups excluding carboxylic acids is 1. The molecule has 170 valence electrons. The highest BCUT2D eigenvalue weighted by Crippen LogP contribution is 2.13. The van der Waals surface area contributed by atoms with Gasteiger partial charge in [-0.25, -0.2) is 5.43 Å². The summed E-state index contributed by atoms with van der Waals surface area (Å²) in [5, 5.41) is 4.10. The predicted molar refractivity (Wildman–Crippen MR) is 131 cm³/mol. The van der Waals surface area contributed by atoms with E-state index in [2.05, 4.69) is 44.6 Å². The molecule has 0 bridgehead atoms. The molecule has 0 aliphatic carbocycles. The lowest BCUT2D eigenvalue weighted by molar-refractivity contribution is -0.122. The van der Waals surface area contributed by atoms with Crippen LogP contribution in [0.15, 0.2) is 90.0 Å². The van der Waals surface area contributed by atoms with E-state index in [0.717, 1.165) is 49.6 Å². The zero-order valence-corrected chi connectivity index (χ0v) is 18.8. The van der Waals surface area contributed by atoms with Gasteiger partial charge in [0, 0.05) is 32.7 Å². The second-order valence-electron chi connectivity index (χ2n) is 8.17. The van der Waals surface area contributed by atoms with Crippen LogP contribution < -0.4 is 10.2 Å². The van der Waals surface area contributed by atoms with Gasteiger partial charge in [-0.05, 0) is 41.0 Å². The van der Waals surface area contributed by atoms with Gasteiger partial charge >= 0.3 is 0 Å². The van der Waals surface area contributed by atoms with Crippen LogP contribution >= 0.6 is 0 Å². The van der Waals surface area contributed by atoms with Gasteiger partial charge in [0.15, 0.2) is 0 Å². The quantitative estimate of drug-likeness (QED) is 0.407. The lowest BCUT2D eigenvalue weighted by Gasteiger charge is -2.34. The average Bonchev–Trinajstić information content (AvgIpc) is 2.86. The summed E-state index contributed by atoms with van der Waals surface area (Å²) in [5.74, 6) is 0.706. The molecule has 0 atom stereocenters. The van der Waals surface area contributed by atoms with Crippen molar-refractivity contribution in [2.24, 2.45) is 5.10 Å². The summed E-state index contributed by atoms with van der Waals surface area (Å²) in [6.45, 7) is 5.55. The maximum absolute atomic E-state index is 12.2. The molecule has 4 rings (SSSR count). The molecule has 0 spiro atoms. The normalized spacial score (nSPS) is 14.9. The number of piperazine rings is 1. The number of hydrazone groups is 1. The molecule has 33 heavy (non-hydrogen) atoms. The largest absolute Gasteiger partial charge is 0.489 e. The minimum absolute atomic E-state index is 0.0921. The highest BCUT2D eigenvalue weighted by molar-refractivity contribution is 5.83. The number of rotatable bonds is 9. The zero-order valence-electron chi connectivity index (χ0n) is 18.8. The Kier molecular flexibility index (Phi) is 8.22. The highest BCUT2D eigenvalue weighted by atomic mass is 16.5. The molecule has 1 N–H and O–H groups in total. The molecule has 0 unspecified atom stereocenters. The minimum Gasteiger partial charge on any atom is -0.489 e. The van der Waals surface area contributed by atoms with E-state index in [0.29, 0.717) is 13.2 Å². The van der Waals surface area contributed by atoms with Crippen molar-refractivity contribution in [3.05, 3.63) is 102 Å². The summed E-state index contributed by atoms with van der Waals surface area (Å²) in [5.41, 5.74) is 5.99. The van der Waals surface area contributed by atoms with Crippen molar-refractivity contribution in [2.45, 2.75) is 13.2 Å². The summed E-state index contributed by atoms with van der Waals surface area (Å²) in [7, 11) is 0. The van der Waals surface area contributed by atoms with Crippen molar-refractivity contribution in [3.63, 3.8) is 0 Å². The summed E-state index contributed by atoms with van der Waals surface area (Å²) >= 11 is 0. The topological polar surface area (TPSA) is 57.2 Å². The Labute approximate surface area is 195 Å². The number of hydrogen-bond donors (Lipinski definition) is 1. The van der Waals surface area contributed by atoms with Crippen LogP contribution in [0.1, 0.15) is 16.7 Å². The van der Waals surface area contributed by atoms with Gasteiger partial charge in [0.05, 0.1) is 12.8 Å². The molecule has 0 radical (unpaired) electrons. The molecule has 3 aromatic rings. The number of nitrogens with zero attached hydrogens (tertiary/aromatic N) is 3. The molecular weight excluding hydrogens is 412 g/mol. The second-order valence-corrected chi connectivity index (χ2v) is 8.17. The Balaban J connectivity index is 1.14. The van der Waals surface area contributed by atoms with Gasteiger partial charge in [-0.15, -0.1) is 0 Å². The first-order valence-electron chi connectivity index (χ1n) is 11.3. The highest BCUT2D eigenvalue weighted by Gasteiger charge is 2.18. The van der Waals surface area contributed by atoms with Gasteiger partial charge < -0.3 is 4.74 Å². The van der Waals surface area contributed by atoms with Crippen LogP contribution in [-0.2, 0) is 17.9 Å². The van der Waals surface area contributed by atoms with E-state index < -0.39 is 0 Å². The molecule has 1 amide bonds. The van der Waals surface area contributed by atoms with E-state index >= 15 is 0 Å². The van der Waals surface area contributed by atoms with E-state index in [9.17, 15) is 4.79 Å². The molecule has 1 aliphatic rings. The molecular formula is C27H30N4O2. The maximum atomic E-state index is 12.2. The van der Waals surface area contributed by atoms with Crippen molar-refractivity contribution in [1.82, 2.24) is 15.2 Å². The Bertz CT molecular complexity index is 1020. The van der Waals surface area contributed by atoms with Gasteiger partial charge in [0.25, 0.3) is 5.91 Å². The van der Waals surface area contributed by atoms with Crippen molar-refractivity contribution >= 4 is 12.1 Å². The van der Waals surface area contributed by atoms with E-state index in [1.807, 2.05) is 60.7 Å². The molecule has 6 heteroatoms. The zero-order chi connectivity index (χ0) is 22.7. The van der Waals surface area contributed by atoms with Crippen LogP contribution in [0.4, 0.5) is 0 Å². The Morgan fingerprint density at radius 3 is 2.09 bits per heavy atom. The summed E-state index contributed by atoms with van der Waals surface area (Å²) < 4.78 is 5.79. The molecule has 1 heterocycles. The van der Waals surface area contributed by atoms with Gasteiger partial charge in [-0.2, -0.15) is 5.10 Å². The number of ether oxygens (including phenoxy) is 1.